The normalized spacial score (nSPS) is 22.2. The van der Waals surface area contributed by atoms with Crippen LogP contribution in [0.5, 0.6) is 0 Å². The van der Waals surface area contributed by atoms with Gasteiger partial charge in [0.05, 0.1) is 12.2 Å². The molecule has 3 heteroatoms. The van der Waals surface area contributed by atoms with Crippen LogP contribution in [0.15, 0.2) is 0 Å². The van der Waals surface area contributed by atoms with E-state index >= 15 is 0 Å². The molecule has 2 aliphatic heterocycles. The SMILES string of the molecule is CCC(CCCCCCCCCC1CCCCO1)SC(CC)CCCCCCCCCC1CCCCO1. The monoisotopic (exact) mass is 538 g/mol. The fourth-order valence-electron chi connectivity index (χ4n) is 6.33. The lowest BCUT2D eigenvalue weighted by Crippen LogP contribution is -2.18. The van der Waals surface area contributed by atoms with E-state index in [0.717, 1.165) is 23.7 Å². The summed E-state index contributed by atoms with van der Waals surface area (Å²) >= 11 is 2.34. The lowest BCUT2D eigenvalue weighted by atomic mass is 10.0. The van der Waals surface area contributed by atoms with Crippen LogP contribution in [0, 0.1) is 0 Å². The fraction of sp³-hybridized carbons (Fsp3) is 1.00. The second-order valence-corrected chi connectivity index (χ2v) is 13.9. The molecule has 2 aliphatic rings. The largest absolute Gasteiger partial charge is 0.378 e. The summed E-state index contributed by atoms with van der Waals surface area (Å²) in [6.07, 6.45) is 37.4. The van der Waals surface area contributed by atoms with Gasteiger partial charge in [0.2, 0.25) is 0 Å². The molecule has 4 atom stereocenters. The summed E-state index contributed by atoms with van der Waals surface area (Å²) in [5.41, 5.74) is 0. The standard InChI is InChI=1S/C34H66O2S/c1-3-33(27-17-13-9-5-7-11-15-23-31-25-19-21-29-35-31)37-34(4-2)28-18-14-10-6-8-12-16-24-32-26-20-22-30-36-32/h31-34H,3-30H2,1-2H3. The van der Waals surface area contributed by atoms with E-state index in [4.69, 9.17) is 9.47 Å². The van der Waals surface area contributed by atoms with Gasteiger partial charge in [0.1, 0.15) is 0 Å². The van der Waals surface area contributed by atoms with Crippen LogP contribution in [-0.4, -0.2) is 35.9 Å². The maximum atomic E-state index is 5.87. The van der Waals surface area contributed by atoms with Crippen molar-refractivity contribution < 1.29 is 9.47 Å². The average Bonchev–Trinajstić information content (AvgIpc) is 2.94. The number of hydrogen-bond acceptors (Lipinski definition) is 3. The highest BCUT2D eigenvalue weighted by atomic mass is 32.2. The Bertz CT molecular complexity index is 430. The van der Waals surface area contributed by atoms with Gasteiger partial charge in [-0.2, -0.15) is 11.8 Å². The Morgan fingerprint density at radius 3 is 1.24 bits per heavy atom. The van der Waals surface area contributed by atoms with Crippen molar-refractivity contribution in [3.05, 3.63) is 0 Å². The molecule has 2 saturated heterocycles. The first kappa shape index (κ1) is 33.5. The molecular weight excluding hydrogens is 472 g/mol. The molecule has 0 aromatic carbocycles. The van der Waals surface area contributed by atoms with Crippen molar-refractivity contribution in [1.82, 2.24) is 0 Å². The smallest absolute Gasteiger partial charge is 0.0575 e. The van der Waals surface area contributed by atoms with Crippen LogP contribution in [0.25, 0.3) is 0 Å². The van der Waals surface area contributed by atoms with Crippen LogP contribution in [0.4, 0.5) is 0 Å². The predicted octanol–water partition coefficient (Wildman–Crippen LogP) is 11.4. The van der Waals surface area contributed by atoms with E-state index in [1.165, 1.54) is 167 Å². The van der Waals surface area contributed by atoms with Crippen LogP contribution < -0.4 is 0 Å². The number of hydrogen-bond donors (Lipinski definition) is 0. The first-order valence-electron chi connectivity index (χ1n) is 17.2. The first-order valence-corrected chi connectivity index (χ1v) is 18.1. The van der Waals surface area contributed by atoms with Gasteiger partial charge in [-0.05, 0) is 77.0 Å². The van der Waals surface area contributed by atoms with E-state index < -0.39 is 0 Å². The highest BCUT2D eigenvalue weighted by Crippen LogP contribution is 2.30. The van der Waals surface area contributed by atoms with Crippen molar-refractivity contribution >= 4 is 11.8 Å². The average molecular weight is 539 g/mol. The molecule has 0 saturated carbocycles. The summed E-state index contributed by atoms with van der Waals surface area (Å²) < 4.78 is 11.7. The zero-order valence-corrected chi connectivity index (χ0v) is 26.1. The van der Waals surface area contributed by atoms with Gasteiger partial charge in [-0.3, -0.25) is 0 Å². The van der Waals surface area contributed by atoms with Gasteiger partial charge >= 0.3 is 0 Å². The molecule has 0 aliphatic carbocycles. The first-order chi connectivity index (χ1) is 18.3. The number of thioether (sulfide) groups is 1. The molecule has 0 radical (unpaired) electrons. The molecule has 220 valence electrons. The summed E-state index contributed by atoms with van der Waals surface area (Å²) in [5, 5.41) is 1.79. The Morgan fingerprint density at radius 2 is 0.892 bits per heavy atom. The number of rotatable bonds is 24. The van der Waals surface area contributed by atoms with E-state index in [1.54, 1.807) is 0 Å². The second-order valence-electron chi connectivity index (χ2n) is 12.3. The molecule has 0 bridgehead atoms. The molecule has 0 aromatic rings. The lowest BCUT2D eigenvalue weighted by molar-refractivity contribution is 0.00964. The van der Waals surface area contributed by atoms with Crippen LogP contribution >= 0.6 is 11.8 Å². The predicted molar refractivity (Wildman–Crippen MR) is 166 cm³/mol. The van der Waals surface area contributed by atoms with E-state index in [-0.39, 0.29) is 0 Å². The Morgan fingerprint density at radius 1 is 0.514 bits per heavy atom. The Hall–Kier alpha value is 0.270. The minimum atomic E-state index is 0.589. The summed E-state index contributed by atoms with van der Waals surface area (Å²) in [7, 11) is 0. The highest BCUT2D eigenvalue weighted by molar-refractivity contribution is 8.00. The van der Waals surface area contributed by atoms with Crippen LogP contribution in [-0.2, 0) is 9.47 Å². The summed E-state index contributed by atoms with van der Waals surface area (Å²) in [5.74, 6) is 0. The van der Waals surface area contributed by atoms with Gasteiger partial charge < -0.3 is 9.47 Å². The zero-order valence-electron chi connectivity index (χ0n) is 25.3. The van der Waals surface area contributed by atoms with Crippen molar-refractivity contribution in [1.29, 1.82) is 0 Å². The van der Waals surface area contributed by atoms with Gasteiger partial charge in [0.25, 0.3) is 0 Å². The Balaban J connectivity index is 1.35. The van der Waals surface area contributed by atoms with Gasteiger partial charge in [0, 0.05) is 23.7 Å². The van der Waals surface area contributed by atoms with Gasteiger partial charge in [-0.25, -0.2) is 0 Å². The van der Waals surface area contributed by atoms with Crippen LogP contribution in [0.2, 0.25) is 0 Å². The lowest BCUT2D eigenvalue weighted by Gasteiger charge is -2.22. The molecule has 0 amide bonds. The third-order valence-electron chi connectivity index (χ3n) is 8.95. The summed E-state index contributed by atoms with van der Waals surface area (Å²) in [6, 6.07) is 0. The summed E-state index contributed by atoms with van der Waals surface area (Å²) in [6.45, 7) is 6.86. The molecule has 0 spiro atoms. The van der Waals surface area contributed by atoms with Crippen LogP contribution in [0.3, 0.4) is 0 Å². The van der Waals surface area contributed by atoms with E-state index in [0.29, 0.717) is 12.2 Å². The van der Waals surface area contributed by atoms with E-state index in [1.807, 2.05) is 0 Å². The van der Waals surface area contributed by atoms with E-state index in [2.05, 4.69) is 25.6 Å². The zero-order chi connectivity index (χ0) is 26.2. The fourth-order valence-corrected chi connectivity index (χ4v) is 7.87. The van der Waals surface area contributed by atoms with Crippen LogP contribution in [0.1, 0.15) is 181 Å². The highest BCUT2D eigenvalue weighted by Gasteiger charge is 2.15. The molecule has 0 N–H and O–H groups in total. The minimum absolute atomic E-state index is 0.589. The molecule has 2 nitrogen and oxygen atoms in total. The van der Waals surface area contributed by atoms with Crippen molar-refractivity contribution in [3.63, 3.8) is 0 Å². The van der Waals surface area contributed by atoms with Gasteiger partial charge in [-0.1, -0.05) is 104 Å². The van der Waals surface area contributed by atoms with Crippen molar-refractivity contribution in [3.8, 4) is 0 Å². The quantitative estimate of drug-likeness (QED) is 0.114. The van der Waals surface area contributed by atoms with Gasteiger partial charge in [0.15, 0.2) is 0 Å². The summed E-state index contributed by atoms with van der Waals surface area (Å²) in [4.78, 5) is 0. The van der Waals surface area contributed by atoms with E-state index in [9.17, 15) is 0 Å². The molecule has 0 aromatic heterocycles. The molecule has 37 heavy (non-hydrogen) atoms. The molecular formula is C34H66O2S. The Kier molecular flexibility index (Phi) is 21.8. The minimum Gasteiger partial charge on any atom is -0.378 e. The molecule has 4 unspecified atom stereocenters. The van der Waals surface area contributed by atoms with Crippen molar-refractivity contribution in [2.45, 2.75) is 203 Å². The van der Waals surface area contributed by atoms with Crippen molar-refractivity contribution in [2.75, 3.05) is 13.2 Å². The molecule has 2 fully saturated rings. The topological polar surface area (TPSA) is 18.5 Å². The number of ether oxygens (including phenoxy) is 2. The molecule has 2 rings (SSSR count). The maximum absolute atomic E-state index is 5.87. The van der Waals surface area contributed by atoms with Crippen molar-refractivity contribution in [2.24, 2.45) is 0 Å². The third-order valence-corrected chi connectivity index (χ3v) is 10.9. The second kappa shape index (κ2) is 24.1. The van der Waals surface area contributed by atoms with Gasteiger partial charge in [-0.15, -0.1) is 0 Å². The molecule has 2 heterocycles. The number of unbranched alkanes of at least 4 members (excludes halogenated alkanes) is 12. The Labute approximate surface area is 237 Å². The third kappa shape index (κ3) is 18.3. The maximum Gasteiger partial charge on any atom is 0.0575 e.